The van der Waals surface area contributed by atoms with Gasteiger partial charge in [-0.15, -0.1) is 12.4 Å². The number of rotatable bonds is 3. The van der Waals surface area contributed by atoms with Crippen LogP contribution in [0.25, 0.3) is 0 Å². The quantitative estimate of drug-likeness (QED) is 0.901. The molecule has 0 radical (unpaired) electrons. The molecule has 6 heteroatoms. The standard InChI is InChI=1S/C10H12F3NO.ClH/c1-2-15-9-7(6-14)4-3-5-8(9)10(11,12)13;/h3-5H,2,6,14H2,1H3;1H. The molecule has 0 amide bonds. The number of nitrogens with two attached hydrogens (primary N) is 1. The van der Waals surface area contributed by atoms with Gasteiger partial charge in [-0.2, -0.15) is 13.2 Å². The highest BCUT2D eigenvalue weighted by Crippen LogP contribution is 2.37. The lowest BCUT2D eigenvalue weighted by Gasteiger charge is -2.15. The lowest BCUT2D eigenvalue weighted by atomic mass is 10.1. The van der Waals surface area contributed by atoms with Crippen molar-refractivity contribution in [2.24, 2.45) is 5.73 Å². The van der Waals surface area contributed by atoms with Crippen LogP contribution in [-0.2, 0) is 12.7 Å². The van der Waals surface area contributed by atoms with Gasteiger partial charge in [-0.05, 0) is 13.0 Å². The summed E-state index contributed by atoms with van der Waals surface area (Å²) < 4.78 is 42.7. The van der Waals surface area contributed by atoms with E-state index in [1.807, 2.05) is 0 Å². The number of ether oxygens (including phenoxy) is 1. The van der Waals surface area contributed by atoms with Gasteiger partial charge in [0.25, 0.3) is 0 Å². The Kier molecular flexibility index (Phi) is 5.61. The zero-order chi connectivity index (χ0) is 11.5. The van der Waals surface area contributed by atoms with Crippen molar-refractivity contribution in [2.75, 3.05) is 6.61 Å². The monoisotopic (exact) mass is 255 g/mol. The van der Waals surface area contributed by atoms with Crippen LogP contribution in [0.15, 0.2) is 18.2 Å². The van der Waals surface area contributed by atoms with E-state index in [0.29, 0.717) is 5.56 Å². The van der Waals surface area contributed by atoms with Crippen molar-refractivity contribution >= 4 is 12.4 Å². The topological polar surface area (TPSA) is 35.2 Å². The van der Waals surface area contributed by atoms with Crippen molar-refractivity contribution in [2.45, 2.75) is 19.6 Å². The third kappa shape index (κ3) is 3.28. The van der Waals surface area contributed by atoms with E-state index in [1.54, 1.807) is 6.92 Å². The number of hydrogen-bond acceptors (Lipinski definition) is 2. The molecule has 0 fully saturated rings. The van der Waals surface area contributed by atoms with Crippen molar-refractivity contribution in [3.8, 4) is 5.75 Å². The highest BCUT2D eigenvalue weighted by atomic mass is 35.5. The first-order chi connectivity index (χ1) is 7.00. The number of para-hydroxylation sites is 1. The summed E-state index contributed by atoms with van der Waals surface area (Å²) in [4.78, 5) is 0. The molecule has 0 aliphatic carbocycles. The van der Waals surface area contributed by atoms with Gasteiger partial charge in [-0.25, -0.2) is 0 Å². The first-order valence-corrected chi connectivity index (χ1v) is 4.52. The third-order valence-electron chi connectivity index (χ3n) is 1.91. The summed E-state index contributed by atoms with van der Waals surface area (Å²) in [5.41, 5.74) is 4.94. The molecule has 92 valence electrons. The van der Waals surface area contributed by atoms with E-state index in [4.69, 9.17) is 10.5 Å². The van der Waals surface area contributed by atoms with Gasteiger partial charge in [-0.1, -0.05) is 12.1 Å². The van der Waals surface area contributed by atoms with Crippen LogP contribution in [0.4, 0.5) is 13.2 Å². The van der Waals surface area contributed by atoms with E-state index in [0.717, 1.165) is 6.07 Å². The second-order valence-corrected chi connectivity index (χ2v) is 2.93. The van der Waals surface area contributed by atoms with Crippen molar-refractivity contribution in [3.05, 3.63) is 29.3 Å². The molecule has 0 unspecified atom stereocenters. The maximum absolute atomic E-state index is 12.6. The molecule has 0 bridgehead atoms. The fraction of sp³-hybridized carbons (Fsp3) is 0.400. The number of hydrogen-bond donors (Lipinski definition) is 1. The Labute approximate surface area is 98.0 Å². The summed E-state index contributed by atoms with van der Waals surface area (Å²) in [6.45, 7) is 1.84. The van der Waals surface area contributed by atoms with E-state index in [9.17, 15) is 13.2 Å². The number of benzene rings is 1. The number of alkyl halides is 3. The Balaban J connectivity index is 0.00000225. The molecule has 0 saturated heterocycles. The molecule has 0 saturated carbocycles. The van der Waals surface area contributed by atoms with Crippen molar-refractivity contribution in [1.82, 2.24) is 0 Å². The second-order valence-electron chi connectivity index (χ2n) is 2.93. The molecule has 1 aromatic carbocycles. The fourth-order valence-corrected chi connectivity index (χ4v) is 1.28. The van der Waals surface area contributed by atoms with Gasteiger partial charge < -0.3 is 10.5 Å². The maximum atomic E-state index is 12.6. The second kappa shape index (κ2) is 5.96. The zero-order valence-corrected chi connectivity index (χ0v) is 9.49. The molecule has 1 rings (SSSR count). The van der Waals surface area contributed by atoms with Crippen LogP contribution in [-0.4, -0.2) is 6.61 Å². The molecule has 0 aliphatic rings. The van der Waals surface area contributed by atoms with E-state index < -0.39 is 11.7 Å². The summed E-state index contributed by atoms with van der Waals surface area (Å²) in [5.74, 6) is -0.157. The Bertz CT molecular complexity index is 341. The van der Waals surface area contributed by atoms with Crippen LogP contribution in [0.2, 0.25) is 0 Å². The summed E-state index contributed by atoms with van der Waals surface area (Å²) in [7, 11) is 0. The minimum Gasteiger partial charge on any atom is -0.493 e. The van der Waals surface area contributed by atoms with Gasteiger partial charge in [-0.3, -0.25) is 0 Å². The molecule has 2 N–H and O–H groups in total. The molecule has 1 aromatic rings. The van der Waals surface area contributed by atoms with E-state index in [-0.39, 0.29) is 31.3 Å². The molecular weight excluding hydrogens is 243 g/mol. The van der Waals surface area contributed by atoms with Crippen LogP contribution in [0.1, 0.15) is 18.1 Å². The number of halogens is 4. The summed E-state index contributed by atoms with van der Waals surface area (Å²) in [6.07, 6.45) is -4.41. The maximum Gasteiger partial charge on any atom is 0.419 e. The average molecular weight is 256 g/mol. The van der Waals surface area contributed by atoms with Crippen LogP contribution in [0.5, 0.6) is 5.75 Å². The van der Waals surface area contributed by atoms with Gasteiger partial charge >= 0.3 is 6.18 Å². The highest BCUT2D eigenvalue weighted by Gasteiger charge is 2.35. The van der Waals surface area contributed by atoms with Crippen LogP contribution in [0.3, 0.4) is 0 Å². The Morgan fingerprint density at radius 3 is 2.38 bits per heavy atom. The molecule has 16 heavy (non-hydrogen) atoms. The first kappa shape index (κ1) is 15.1. The first-order valence-electron chi connectivity index (χ1n) is 4.52. The summed E-state index contributed by atoms with van der Waals surface area (Å²) >= 11 is 0. The molecular formula is C10H13ClF3NO. The Morgan fingerprint density at radius 1 is 1.31 bits per heavy atom. The lowest BCUT2D eigenvalue weighted by Crippen LogP contribution is -2.11. The van der Waals surface area contributed by atoms with E-state index in [1.165, 1.54) is 12.1 Å². The predicted octanol–water partition coefficient (Wildman–Crippen LogP) is 2.98. The zero-order valence-electron chi connectivity index (χ0n) is 8.67. The fourth-order valence-electron chi connectivity index (χ4n) is 1.28. The molecule has 0 spiro atoms. The highest BCUT2D eigenvalue weighted by molar-refractivity contribution is 5.85. The SMILES string of the molecule is CCOc1c(CN)cccc1C(F)(F)F.Cl. The molecule has 0 heterocycles. The van der Waals surface area contributed by atoms with Gasteiger partial charge in [0.1, 0.15) is 5.75 Å². The normalized spacial score (nSPS) is 10.8. The predicted molar refractivity (Wildman–Crippen MR) is 57.8 cm³/mol. The molecule has 2 nitrogen and oxygen atoms in total. The smallest absolute Gasteiger partial charge is 0.419 e. The van der Waals surface area contributed by atoms with Crippen molar-refractivity contribution < 1.29 is 17.9 Å². The summed E-state index contributed by atoms with van der Waals surface area (Å²) in [6, 6.07) is 3.85. The Hall–Kier alpha value is -0.940. The van der Waals surface area contributed by atoms with Crippen LogP contribution < -0.4 is 10.5 Å². The van der Waals surface area contributed by atoms with E-state index >= 15 is 0 Å². The summed E-state index contributed by atoms with van der Waals surface area (Å²) in [5, 5.41) is 0. The minimum atomic E-state index is -4.41. The van der Waals surface area contributed by atoms with Gasteiger partial charge in [0.05, 0.1) is 12.2 Å². The molecule has 0 aliphatic heterocycles. The van der Waals surface area contributed by atoms with E-state index in [2.05, 4.69) is 0 Å². The largest absolute Gasteiger partial charge is 0.493 e. The third-order valence-corrected chi connectivity index (χ3v) is 1.91. The minimum absolute atomic E-state index is 0. The average Bonchev–Trinajstić information content (AvgIpc) is 2.17. The Morgan fingerprint density at radius 2 is 1.94 bits per heavy atom. The molecule has 0 aromatic heterocycles. The molecule has 0 atom stereocenters. The van der Waals surface area contributed by atoms with Crippen molar-refractivity contribution in [1.29, 1.82) is 0 Å². The van der Waals surface area contributed by atoms with Gasteiger partial charge in [0, 0.05) is 12.1 Å². The van der Waals surface area contributed by atoms with Crippen LogP contribution >= 0.6 is 12.4 Å². The van der Waals surface area contributed by atoms with Crippen molar-refractivity contribution in [3.63, 3.8) is 0 Å². The van der Waals surface area contributed by atoms with Crippen LogP contribution in [0, 0.1) is 0 Å². The van der Waals surface area contributed by atoms with Gasteiger partial charge in [0.15, 0.2) is 0 Å². The lowest BCUT2D eigenvalue weighted by molar-refractivity contribution is -0.139. The van der Waals surface area contributed by atoms with Gasteiger partial charge in [0.2, 0.25) is 0 Å².